The van der Waals surface area contributed by atoms with Crippen LogP contribution < -0.4 is 0 Å². The van der Waals surface area contributed by atoms with E-state index in [1.54, 1.807) is 0 Å². The Bertz CT molecular complexity index is 942. The molecular formula is C32H52O13. The van der Waals surface area contributed by atoms with Gasteiger partial charge >= 0.3 is 11.9 Å². The highest BCUT2D eigenvalue weighted by Gasteiger charge is 2.52. The van der Waals surface area contributed by atoms with Gasteiger partial charge in [-0.05, 0) is 51.9 Å². The van der Waals surface area contributed by atoms with Crippen LogP contribution in [0.2, 0.25) is 0 Å². The summed E-state index contributed by atoms with van der Waals surface area (Å²) in [6.07, 6.45) is 2.12. The Balaban J connectivity index is 1.80. The molecule has 0 amide bonds. The number of hydrogen-bond donors (Lipinski definition) is 5. The zero-order chi connectivity index (χ0) is 32.8. The van der Waals surface area contributed by atoms with Crippen LogP contribution in [0.5, 0.6) is 0 Å². The van der Waals surface area contributed by atoms with Gasteiger partial charge in [0.2, 0.25) is 0 Å². The summed E-state index contributed by atoms with van der Waals surface area (Å²) in [4.78, 5) is 24.3. The van der Waals surface area contributed by atoms with Crippen molar-refractivity contribution in [3.8, 4) is 0 Å². The summed E-state index contributed by atoms with van der Waals surface area (Å²) in [7, 11) is 0. The third-order valence-electron chi connectivity index (χ3n) is 8.18. The van der Waals surface area contributed by atoms with E-state index < -0.39 is 86.6 Å². The molecule has 13 heteroatoms. The van der Waals surface area contributed by atoms with Crippen LogP contribution in [0.1, 0.15) is 84.5 Å². The highest BCUT2D eigenvalue weighted by Crippen LogP contribution is 2.32. The van der Waals surface area contributed by atoms with Crippen molar-refractivity contribution in [3.05, 3.63) is 24.3 Å². The van der Waals surface area contributed by atoms with E-state index in [2.05, 4.69) is 24.3 Å². The Morgan fingerprint density at radius 2 is 1.42 bits per heavy atom. The molecule has 11 unspecified atom stereocenters. The molecule has 4 heterocycles. The Kier molecular flexibility index (Phi) is 16.4. The second kappa shape index (κ2) is 19.7. The van der Waals surface area contributed by atoms with Gasteiger partial charge in [0.15, 0.2) is 18.7 Å². The predicted molar refractivity (Wildman–Crippen MR) is 159 cm³/mol. The van der Waals surface area contributed by atoms with Gasteiger partial charge in [-0.25, -0.2) is 0 Å². The van der Waals surface area contributed by atoms with Crippen LogP contribution in [-0.4, -0.2) is 118 Å². The van der Waals surface area contributed by atoms with Crippen molar-refractivity contribution in [3.63, 3.8) is 0 Å². The molecular weight excluding hydrogens is 592 g/mol. The summed E-state index contributed by atoms with van der Waals surface area (Å²) in [5.74, 6) is -1.24. The van der Waals surface area contributed by atoms with E-state index in [0.29, 0.717) is 12.8 Å². The molecule has 258 valence electrons. The molecule has 0 aromatic rings. The lowest BCUT2D eigenvalue weighted by atomic mass is 9.97. The van der Waals surface area contributed by atoms with Gasteiger partial charge in [0, 0.05) is 13.3 Å². The number of ether oxygens (including phenoxy) is 6. The first-order valence-electron chi connectivity index (χ1n) is 16.2. The number of allylic oxidation sites excluding steroid dienone is 4. The maximum atomic E-state index is 12.7. The molecule has 2 fully saturated rings. The molecule has 0 saturated carbocycles. The first-order valence-corrected chi connectivity index (χ1v) is 16.2. The van der Waals surface area contributed by atoms with E-state index in [9.17, 15) is 35.1 Å². The normalized spacial score (nSPS) is 38.6. The summed E-state index contributed by atoms with van der Waals surface area (Å²) in [5.41, 5.74) is 0. The first kappa shape index (κ1) is 37.5. The predicted octanol–water partition coefficient (Wildman–Crippen LogP) is 1.55. The third-order valence-corrected chi connectivity index (χ3v) is 8.18. The molecule has 4 rings (SSSR count). The molecule has 13 nitrogen and oxygen atoms in total. The Morgan fingerprint density at radius 1 is 0.778 bits per heavy atom. The van der Waals surface area contributed by atoms with Crippen molar-refractivity contribution in [2.24, 2.45) is 0 Å². The fourth-order valence-electron chi connectivity index (χ4n) is 5.56. The summed E-state index contributed by atoms with van der Waals surface area (Å²) < 4.78 is 34.1. The van der Waals surface area contributed by atoms with Crippen molar-refractivity contribution < 1.29 is 63.5 Å². The summed E-state index contributed by atoms with van der Waals surface area (Å²) in [5, 5.41) is 53.2. The van der Waals surface area contributed by atoms with Crippen LogP contribution in [0.25, 0.3) is 0 Å². The lowest BCUT2D eigenvalue weighted by molar-refractivity contribution is -0.371. The molecule has 0 aliphatic carbocycles. The van der Waals surface area contributed by atoms with Gasteiger partial charge in [0.25, 0.3) is 0 Å². The number of hydrogen-bond acceptors (Lipinski definition) is 13. The lowest BCUT2D eigenvalue weighted by Gasteiger charge is -2.46. The monoisotopic (exact) mass is 644 g/mol. The van der Waals surface area contributed by atoms with E-state index in [1.165, 1.54) is 6.92 Å². The third kappa shape index (κ3) is 12.0. The topological polar surface area (TPSA) is 191 Å². The van der Waals surface area contributed by atoms with Crippen LogP contribution >= 0.6 is 0 Å². The van der Waals surface area contributed by atoms with Crippen molar-refractivity contribution in [2.75, 3.05) is 13.2 Å². The minimum atomic E-state index is -1.77. The van der Waals surface area contributed by atoms with E-state index in [4.69, 9.17) is 28.4 Å². The van der Waals surface area contributed by atoms with Gasteiger partial charge < -0.3 is 54.0 Å². The zero-order valence-electron chi connectivity index (χ0n) is 26.4. The molecule has 0 aromatic carbocycles. The fourth-order valence-corrected chi connectivity index (χ4v) is 5.56. The maximum absolute atomic E-state index is 12.7. The molecule has 2 saturated heterocycles. The molecule has 11 atom stereocenters. The minimum Gasteiger partial charge on any atom is -0.463 e. The Labute approximate surface area is 265 Å². The number of esters is 2. The maximum Gasteiger partial charge on any atom is 0.306 e. The van der Waals surface area contributed by atoms with Crippen LogP contribution in [-0.2, 0) is 38.0 Å². The van der Waals surface area contributed by atoms with Gasteiger partial charge in [-0.1, -0.05) is 43.6 Å². The SMILES string of the molecule is CC(=O)OCC1OC2OC3C(OC(C)CCCC=CCC=CCCCCCCCC(=O)OC1C(O)C2O)OC(CO)C(O)C3O. The van der Waals surface area contributed by atoms with E-state index >= 15 is 0 Å². The standard InChI is InChI=1S/C32H52O13/c1-20-16-14-12-10-8-6-4-3-5-7-9-11-13-15-17-24(35)44-29-23(19-40-21(2)34)43-31(28(39)27(29)38)45-30-26(37)25(36)22(18-33)42-32(30)41-20/h3-4,8,10,20,22-23,25-33,36-39H,5-7,9,11-19H2,1-2H3. The average Bonchev–Trinajstić information content (AvgIpc) is 3.00. The van der Waals surface area contributed by atoms with Crippen LogP contribution in [0, 0.1) is 0 Å². The summed E-state index contributed by atoms with van der Waals surface area (Å²) in [6.45, 7) is 1.98. The lowest BCUT2D eigenvalue weighted by Crippen LogP contribution is -2.65. The van der Waals surface area contributed by atoms with Gasteiger partial charge in [0.05, 0.1) is 12.7 Å². The highest BCUT2D eigenvalue weighted by atomic mass is 16.8. The van der Waals surface area contributed by atoms with Crippen molar-refractivity contribution in [1.29, 1.82) is 0 Å². The van der Waals surface area contributed by atoms with Crippen LogP contribution in [0.4, 0.5) is 0 Å². The van der Waals surface area contributed by atoms with Crippen LogP contribution in [0.15, 0.2) is 24.3 Å². The minimum absolute atomic E-state index is 0.0957. The zero-order valence-corrected chi connectivity index (χ0v) is 26.4. The Hall–Kier alpha value is -1.94. The second-order valence-corrected chi connectivity index (χ2v) is 12.0. The molecule has 5 N–H and O–H groups in total. The number of aliphatic hydroxyl groups excluding tert-OH is 5. The second-order valence-electron chi connectivity index (χ2n) is 12.0. The smallest absolute Gasteiger partial charge is 0.306 e. The number of rotatable bonds is 3. The van der Waals surface area contributed by atoms with Gasteiger partial charge in [-0.3, -0.25) is 9.59 Å². The first-order chi connectivity index (χ1) is 21.6. The van der Waals surface area contributed by atoms with E-state index in [1.807, 2.05) is 6.92 Å². The van der Waals surface area contributed by atoms with Gasteiger partial charge in [-0.2, -0.15) is 0 Å². The van der Waals surface area contributed by atoms with E-state index in [0.717, 1.165) is 51.4 Å². The van der Waals surface area contributed by atoms with Gasteiger partial charge in [-0.15, -0.1) is 0 Å². The number of aliphatic hydroxyl groups is 5. The van der Waals surface area contributed by atoms with Crippen LogP contribution in [0.3, 0.4) is 0 Å². The summed E-state index contributed by atoms with van der Waals surface area (Å²) in [6, 6.07) is 0. The molecule has 0 aromatic heterocycles. The fraction of sp³-hybridized carbons (Fsp3) is 0.812. The number of fused-ring (bicyclic) bond motifs is 18. The molecule has 45 heavy (non-hydrogen) atoms. The molecule has 4 aliphatic rings. The molecule has 2 bridgehead atoms. The Morgan fingerprint density at radius 3 is 2.13 bits per heavy atom. The van der Waals surface area contributed by atoms with Gasteiger partial charge in [0.1, 0.15) is 49.3 Å². The van der Waals surface area contributed by atoms with E-state index in [-0.39, 0.29) is 12.5 Å². The molecule has 0 radical (unpaired) electrons. The quantitative estimate of drug-likeness (QED) is 0.220. The van der Waals surface area contributed by atoms with Crippen molar-refractivity contribution >= 4 is 11.9 Å². The average molecular weight is 645 g/mol. The summed E-state index contributed by atoms with van der Waals surface area (Å²) >= 11 is 0. The number of carbonyl (C=O) groups is 2. The highest BCUT2D eigenvalue weighted by molar-refractivity contribution is 5.69. The van der Waals surface area contributed by atoms with Crippen molar-refractivity contribution in [2.45, 2.75) is 152 Å². The van der Waals surface area contributed by atoms with Crippen molar-refractivity contribution in [1.82, 2.24) is 0 Å². The molecule has 4 aliphatic heterocycles. The largest absolute Gasteiger partial charge is 0.463 e. The number of carbonyl (C=O) groups excluding carboxylic acids is 2. The molecule has 0 spiro atoms.